The predicted octanol–water partition coefficient (Wildman–Crippen LogP) is 0.0423. The molecule has 1 heterocycles. The van der Waals surface area contributed by atoms with Crippen molar-refractivity contribution >= 4 is 26.7 Å². The Balaban J connectivity index is 2.78. The van der Waals surface area contributed by atoms with E-state index in [-0.39, 0.29) is 21.7 Å². The van der Waals surface area contributed by atoms with Crippen molar-refractivity contribution in [3.8, 4) is 0 Å². The van der Waals surface area contributed by atoms with Gasteiger partial charge >= 0.3 is 0 Å². The molecule has 0 aliphatic rings. The maximum absolute atomic E-state index is 12.1. The number of aromatic nitrogens is 1. The summed E-state index contributed by atoms with van der Waals surface area (Å²) in [5.41, 5.74) is 0.242. The summed E-state index contributed by atoms with van der Waals surface area (Å²) in [5, 5.41) is 7.74. The first-order valence-corrected chi connectivity index (χ1v) is 9.67. The van der Waals surface area contributed by atoms with E-state index in [1.165, 1.54) is 16.8 Å². The second kappa shape index (κ2) is 7.19. The summed E-state index contributed by atoms with van der Waals surface area (Å²) in [7, 11) is -4.77. The Kier molecular flexibility index (Phi) is 6.11. The molecule has 0 fully saturated rings. The van der Waals surface area contributed by atoms with Crippen LogP contribution in [0, 0.1) is 0 Å². The number of nitrogens with zero attached hydrogens (tertiary/aromatic N) is 1. The van der Waals surface area contributed by atoms with Crippen LogP contribution in [0.2, 0.25) is 0 Å². The first-order valence-electron chi connectivity index (χ1n) is 6.50. The van der Waals surface area contributed by atoms with Crippen molar-refractivity contribution in [2.45, 2.75) is 37.0 Å². The Hall–Kier alpha value is -1.19. The Morgan fingerprint density at radius 3 is 2.62 bits per heavy atom. The average molecular weight is 335 g/mol. The van der Waals surface area contributed by atoms with E-state index < -0.39 is 20.8 Å². The van der Waals surface area contributed by atoms with Crippen molar-refractivity contribution < 1.29 is 17.4 Å². The Bertz CT molecular complexity index is 637. The molecule has 0 bridgehead atoms. The number of amides is 1. The molecule has 120 valence electrons. The molecule has 1 amide bonds. The van der Waals surface area contributed by atoms with Crippen LogP contribution in [-0.2, 0) is 27.4 Å². The predicted molar refractivity (Wildman–Crippen MR) is 82.0 cm³/mol. The summed E-state index contributed by atoms with van der Waals surface area (Å²) in [6.07, 6.45) is 3.55. The second-order valence-electron chi connectivity index (χ2n) is 4.75. The average Bonchev–Trinajstić information content (AvgIpc) is 2.82. The van der Waals surface area contributed by atoms with Gasteiger partial charge in [-0.05, 0) is 19.4 Å². The summed E-state index contributed by atoms with van der Waals surface area (Å²) in [6, 6.07) is 1.26. The monoisotopic (exact) mass is 335 g/mol. The van der Waals surface area contributed by atoms with E-state index in [0.717, 1.165) is 0 Å². The van der Waals surface area contributed by atoms with Crippen molar-refractivity contribution in [1.82, 2.24) is 9.88 Å². The van der Waals surface area contributed by atoms with Gasteiger partial charge < -0.3 is 9.88 Å². The zero-order valence-electron chi connectivity index (χ0n) is 12.3. The lowest BCUT2D eigenvalue weighted by Gasteiger charge is -2.10. The van der Waals surface area contributed by atoms with E-state index in [0.29, 0.717) is 19.5 Å². The molecule has 3 N–H and O–H groups in total. The molecule has 0 saturated heterocycles. The van der Waals surface area contributed by atoms with Crippen LogP contribution >= 0.6 is 0 Å². The van der Waals surface area contributed by atoms with Crippen LogP contribution in [0.15, 0.2) is 17.2 Å². The highest BCUT2D eigenvalue weighted by molar-refractivity contribution is 7.89. The van der Waals surface area contributed by atoms with Crippen molar-refractivity contribution in [2.75, 3.05) is 12.8 Å². The third kappa shape index (κ3) is 4.94. The van der Waals surface area contributed by atoms with Crippen molar-refractivity contribution in [1.29, 1.82) is 0 Å². The van der Waals surface area contributed by atoms with Gasteiger partial charge in [-0.2, -0.15) is 0 Å². The fraction of sp³-hybridized carbons (Fsp3) is 0.583. The topological polar surface area (TPSA) is 111 Å². The maximum atomic E-state index is 12.1. The third-order valence-electron chi connectivity index (χ3n) is 3.18. The second-order valence-corrected chi connectivity index (χ2v) is 8.11. The van der Waals surface area contributed by atoms with Crippen LogP contribution in [0.1, 0.15) is 30.8 Å². The molecule has 0 aliphatic heterocycles. The SMILES string of the molecule is CCn1cc(S(N)(=O)=O)cc1C(=O)NCCC(C)S(C)=O. The molecule has 21 heavy (non-hydrogen) atoms. The Labute approximate surface area is 127 Å². The first-order chi connectivity index (χ1) is 9.66. The molecule has 0 spiro atoms. The smallest absolute Gasteiger partial charge is 0.267 e. The van der Waals surface area contributed by atoms with E-state index in [1.807, 2.05) is 6.92 Å². The van der Waals surface area contributed by atoms with E-state index in [1.54, 1.807) is 13.2 Å². The lowest BCUT2D eigenvalue weighted by molar-refractivity contribution is 0.0944. The summed E-state index contributed by atoms with van der Waals surface area (Å²) >= 11 is 0. The fourth-order valence-electron chi connectivity index (χ4n) is 1.74. The molecule has 0 radical (unpaired) electrons. The van der Waals surface area contributed by atoms with Gasteiger partial charge in [0.05, 0.1) is 0 Å². The number of nitrogens with two attached hydrogens (primary N) is 1. The molecule has 0 aromatic carbocycles. The molecule has 7 nitrogen and oxygen atoms in total. The van der Waals surface area contributed by atoms with Crippen molar-refractivity contribution in [3.05, 3.63) is 18.0 Å². The zero-order chi connectivity index (χ0) is 16.2. The Morgan fingerprint density at radius 1 is 1.52 bits per heavy atom. The van der Waals surface area contributed by atoms with Crippen molar-refractivity contribution in [2.24, 2.45) is 5.14 Å². The van der Waals surface area contributed by atoms with Gasteiger partial charge in [-0.25, -0.2) is 13.6 Å². The molecule has 9 heteroatoms. The third-order valence-corrected chi connectivity index (χ3v) is 5.43. The van der Waals surface area contributed by atoms with Crippen molar-refractivity contribution in [3.63, 3.8) is 0 Å². The molecule has 1 aromatic rings. The number of sulfonamides is 1. The number of hydrogen-bond acceptors (Lipinski definition) is 4. The summed E-state index contributed by atoms with van der Waals surface area (Å²) in [4.78, 5) is 12.0. The quantitative estimate of drug-likeness (QED) is 0.733. The maximum Gasteiger partial charge on any atom is 0.267 e. The molecule has 0 saturated carbocycles. The highest BCUT2D eigenvalue weighted by atomic mass is 32.2. The number of carbonyl (C=O) groups excluding carboxylic acids is 1. The van der Waals surface area contributed by atoms with Gasteiger partial charge in [0.2, 0.25) is 10.0 Å². The molecular formula is C12H21N3O4S2. The van der Waals surface area contributed by atoms with E-state index >= 15 is 0 Å². The number of carbonyl (C=O) groups is 1. The lowest BCUT2D eigenvalue weighted by atomic mass is 10.3. The number of nitrogens with one attached hydrogen (secondary N) is 1. The highest BCUT2D eigenvalue weighted by Gasteiger charge is 2.18. The van der Waals surface area contributed by atoms with Crippen LogP contribution in [0.3, 0.4) is 0 Å². The van der Waals surface area contributed by atoms with Gasteiger partial charge in [-0.3, -0.25) is 9.00 Å². The minimum absolute atomic E-state index is 0.0109. The molecule has 0 aliphatic carbocycles. The number of hydrogen-bond donors (Lipinski definition) is 2. The number of primary sulfonamides is 1. The van der Waals surface area contributed by atoms with Crippen LogP contribution in [0.4, 0.5) is 0 Å². The van der Waals surface area contributed by atoms with Crippen LogP contribution < -0.4 is 10.5 Å². The van der Waals surface area contributed by atoms with E-state index in [9.17, 15) is 17.4 Å². The van der Waals surface area contributed by atoms with Crippen LogP contribution in [0.25, 0.3) is 0 Å². The summed E-state index contributed by atoms with van der Waals surface area (Å²) < 4.78 is 35.4. The lowest BCUT2D eigenvalue weighted by Crippen LogP contribution is -2.29. The molecular weight excluding hydrogens is 314 g/mol. The molecule has 1 aromatic heterocycles. The van der Waals surface area contributed by atoms with Gasteiger partial charge in [0.1, 0.15) is 10.6 Å². The van der Waals surface area contributed by atoms with Gasteiger partial charge in [-0.15, -0.1) is 0 Å². The zero-order valence-corrected chi connectivity index (χ0v) is 14.0. The minimum atomic E-state index is -3.83. The molecule has 2 unspecified atom stereocenters. The largest absolute Gasteiger partial charge is 0.351 e. The van der Waals surface area contributed by atoms with Gasteiger partial charge in [0.15, 0.2) is 0 Å². The standard InChI is InChI=1S/C12H21N3O4S2/c1-4-15-8-10(21(13,18)19)7-11(15)12(16)14-6-5-9(2)20(3)17/h7-9H,4-6H2,1-3H3,(H,14,16)(H2,13,18,19). The van der Waals surface area contributed by atoms with E-state index in [2.05, 4.69) is 5.32 Å². The fourth-order valence-corrected chi connectivity index (χ4v) is 2.74. The summed E-state index contributed by atoms with van der Waals surface area (Å²) in [5.74, 6) is -0.374. The normalized spacial score (nSPS) is 14.7. The number of rotatable bonds is 7. The van der Waals surface area contributed by atoms with Gasteiger partial charge in [-0.1, -0.05) is 6.92 Å². The first kappa shape index (κ1) is 17.9. The molecule has 1 rings (SSSR count). The number of aryl methyl sites for hydroxylation is 1. The highest BCUT2D eigenvalue weighted by Crippen LogP contribution is 2.13. The summed E-state index contributed by atoms with van der Waals surface area (Å²) in [6.45, 7) is 4.47. The van der Waals surface area contributed by atoms with Crippen LogP contribution in [-0.4, -0.2) is 41.2 Å². The Morgan fingerprint density at radius 2 is 2.14 bits per heavy atom. The van der Waals surface area contributed by atoms with Crippen LogP contribution in [0.5, 0.6) is 0 Å². The van der Waals surface area contributed by atoms with Gasteiger partial charge in [0, 0.05) is 41.6 Å². The molecule has 2 atom stereocenters. The van der Waals surface area contributed by atoms with Gasteiger partial charge in [0.25, 0.3) is 5.91 Å². The van der Waals surface area contributed by atoms with E-state index in [4.69, 9.17) is 5.14 Å². The minimum Gasteiger partial charge on any atom is -0.351 e.